The summed E-state index contributed by atoms with van der Waals surface area (Å²) in [7, 11) is 3.00. The van der Waals surface area contributed by atoms with E-state index in [1.165, 1.54) is 19.2 Å². The second-order valence-corrected chi connectivity index (χ2v) is 4.36. The second-order valence-electron chi connectivity index (χ2n) is 4.36. The van der Waals surface area contributed by atoms with E-state index in [1.54, 1.807) is 26.1 Å². The van der Waals surface area contributed by atoms with Crippen LogP contribution in [0.2, 0.25) is 0 Å². The predicted octanol–water partition coefficient (Wildman–Crippen LogP) is 1.92. The molecule has 0 spiro atoms. The normalized spacial score (nSPS) is 12.1. The topological polar surface area (TPSA) is 62.7 Å². The highest BCUT2D eigenvalue weighted by atomic mass is 127. The first-order valence-corrected chi connectivity index (χ1v) is 6.33. The van der Waals surface area contributed by atoms with Gasteiger partial charge in [0, 0.05) is 20.1 Å². The number of hydrogen-bond donors (Lipinski definition) is 2. The van der Waals surface area contributed by atoms with Crippen LogP contribution in [0, 0.1) is 11.7 Å². The predicted molar refractivity (Wildman–Crippen MR) is 91.2 cm³/mol. The van der Waals surface area contributed by atoms with Gasteiger partial charge in [0.1, 0.15) is 5.82 Å². The summed E-state index contributed by atoms with van der Waals surface area (Å²) in [6, 6.07) is 6.22. The number of carbonyl (C=O) groups excluding carboxylic acids is 1. The number of halogens is 2. The van der Waals surface area contributed by atoms with Gasteiger partial charge in [0.25, 0.3) is 0 Å². The quantitative estimate of drug-likeness (QED) is 0.338. The van der Waals surface area contributed by atoms with Crippen LogP contribution in [0.4, 0.5) is 4.39 Å². The van der Waals surface area contributed by atoms with Crippen molar-refractivity contribution in [3.05, 3.63) is 35.6 Å². The molecule has 2 N–H and O–H groups in total. The number of ether oxygens (including phenoxy) is 1. The van der Waals surface area contributed by atoms with Gasteiger partial charge in [-0.1, -0.05) is 19.1 Å². The minimum Gasteiger partial charge on any atom is -0.469 e. The van der Waals surface area contributed by atoms with Gasteiger partial charge >= 0.3 is 5.97 Å². The van der Waals surface area contributed by atoms with Gasteiger partial charge in [-0.05, 0) is 17.7 Å². The molecule has 1 aromatic rings. The fourth-order valence-electron chi connectivity index (χ4n) is 1.54. The molecular formula is C14H21FIN3O2. The molecule has 21 heavy (non-hydrogen) atoms. The van der Waals surface area contributed by atoms with Crippen molar-refractivity contribution in [1.29, 1.82) is 0 Å². The summed E-state index contributed by atoms with van der Waals surface area (Å²) in [6.45, 7) is 2.72. The van der Waals surface area contributed by atoms with E-state index in [9.17, 15) is 9.18 Å². The number of rotatable bonds is 5. The zero-order chi connectivity index (χ0) is 15.0. The number of guanidine groups is 1. The average Bonchev–Trinajstić information content (AvgIpc) is 2.48. The SMILES string of the molecule is CN=C(NCc1ccc(F)cc1)NCC(C)C(=O)OC.I. The maximum atomic E-state index is 12.8. The van der Waals surface area contributed by atoms with E-state index in [4.69, 9.17) is 0 Å². The summed E-state index contributed by atoms with van der Waals surface area (Å²) in [5, 5.41) is 6.11. The molecule has 0 fully saturated rings. The van der Waals surface area contributed by atoms with Crippen molar-refractivity contribution in [2.45, 2.75) is 13.5 Å². The van der Waals surface area contributed by atoms with Crippen molar-refractivity contribution in [2.75, 3.05) is 20.7 Å². The molecule has 0 aliphatic heterocycles. The maximum absolute atomic E-state index is 12.8. The third-order valence-corrected chi connectivity index (χ3v) is 2.78. The lowest BCUT2D eigenvalue weighted by atomic mass is 10.2. The molecule has 0 amide bonds. The Morgan fingerprint density at radius 3 is 2.48 bits per heavy atom. The Bertz CT molecular complexity index is 466. The van der Waals surface area contributed by atoms with Crippen LogP contribution in [-0.4, -0.2) is 32.6 Å². The van der Waals surface area contributed by atoms with Crippen molar-refractivity contribution < 1.29 is 13.9 Å². The van der Waals surface area contributed by atoms with Crippen molar-refractivity contribution in [1.82, 2.24) is 10.6 Å². The number of nitrogens with zero attached hydrogens (tertiary/aromatic N) is 1. The lowest BCUT2D eigenvalue weighted by molar-refractivity contribution is -0.144. The summed E-state index contributed by atoms with van der Waals surface area (Å²) < 4.78 is 17.4. The Kier molecular flexibility index (Phi) is 9.68. The molecule has 0 saturated carbocycles. The molecule has 0 heterocycles. The van der Waals surface area contributed by atoms with Crippen LogP contribution in [0.3, 0.4) is 0 Å². The molecule has 118 valence electrons. The molecule has 1 atom stereocenters. The Balaban J connectivity index is 0.00000400. The van der Waals surface area contributed by atoms with Crippen molar-refractivity contribution in [3.63, 3.8) is 0 Å². The number of methoxy groups -OCH3 is 1. The van der Waals surface area contributed by atoms with Gasteiger partial charge in [-0.15, -0.1) is 24.0 Å². The van der Waals surface area contributed by atoms with E-state index in [0.29, 0.717) is 19.0 Å². The molecular weight excluding hydrogens is 388 g/mol. The first kappa shape index (κ1) is 19.6. The molecule has 7 heteroatoms. The largest absolute Gasteiger partial charge is 0.469 e. The van der Waals surface area contributed by atoms with E-state index < -0.39 is 0 Å². The fourth-order valence-corrected chi connectivity index (χ4v) is 1.54. The number of esters is 1. The molecule has 1 unspecified atom stereocenters. The molecule has 1 rings (SSSR count). The Hall–Kier alpha value is -1.38. The smallest absolute Gasteiger partial charge is 0.310 e. The lowest BCUT2D eigenvalue weighted by Gasteiger charge is -2.14. The molecule has 0 aromatic heterocycles. The van der Waals surface area contributed by atoms with Gasteiger partial charge in [0.15, 0.2) is 5.96 Å². The molecule has 0 saturated heterocycles. The highest BCUT2D eigenvalue weighted by Gasteiger charge is 2.13. The standard InChI is InChI=1S/C14H20FN3O2.HI/c1-10(13(19)20-3)8-17-14(16-2)18-9-11-4-6-12(15)7-5-11;/h4-7,10H,8-9H2,1-3H3,(H2,16,17,18);1H. The van der Waals surface area contributed by atoms with Gasteiger partial charge in [0.2, 0.25) is 0 Å². The fraction of sp³-hybridized carbons (Fsp3) is 0.429. The molecule has 1 aromatic carbocycles. The number of carbonyl (C=O) groups is 1. The number of benzene rings is 1. The zero-order valence-corrected chi connectivity index (χ0v) is 14.7. The average molecular weight is 409 g/mol. The van der Waals surface area contributed by atoms with Gasteiger partial charge in [0.05, 0.1) is 13.0 Å². The van der Waals surface area contributed by atoms with Crippen LogP contribution in [0.25, 0.3) is 0 Å². The van der Waals surface area contributed by atoms with E-state index in [1.807, 2.05) is 0 Å². The van der Waals surface area contributed by atoms with Crippen LogP contribution < -0.4 is 10.6 Å². The van der Waals surface area contributed by atoms with Crippen LogP contribution >= 0.6 is 24.0 Å². The van der Waals surface area contributed by atoms with Crippen LogP contribution in [0.15, 0.2) is 29.3 Å². The Morgan fingerprint density at radius 1 is 1.33 bits per heavy atom. The van der Waals surface area contributed by atoms with Crippen molar-refractivity contribution in [2.24, 2.45) is 10.9 Å². The first-order valence-electron chi connectivity index (χ1n) is 6.33. The first-order chi connectivity index (χ1) is 9.56. The molecule has 0 bridgehead atoms. The highest BCUT2D eigenvalue weighted by molar-refractivity contribution is 14.0. The van der Waals surface area contributed by atoms with Crippen LogP contribution in [-0.2, 0) is 16.1 Å². The summed E-state index contributed by atoms with van der Waals surface area (Å²) in [4.78, 5) is 15.3. The summed E-state index contributed by atoms with van der Waals surface area (Å²) >= 11 is 0. The zero-order valence-electron chi connectivity index (χ0n) is 12.4. The third-order valence-electron chi connectivity index (χ3n) is 2.78. The molecule has 0 aliphatic carbocycles. The Morgan fingerprint density at radius 2 is 1.95 bits per heavy atom. The number of aliphatic imine (C=N–C) groups is 1. The van der Waals surface area contributed by atoms with E-state index >= 15 is 0 Å². The van der Waals surface area contributed by atoms with Crippen LogP contribution in [0.5, 0.6) is 0 Å². The summed E-state index contributed by atoms with van der Waals surface area (Å²) in [6.07, 6.45) is 0. The molecule has 5 nitrogen and oxygen atoms in total. The van der Waals surface area contributed by atoms with Gasteiger partial charge in [-0.25, -0.2) is 4.39 Å². The maximum Gasteiger partial charge on any atom is 0.310 e. The lowest BCUT2D eigenvalue weighted by Crippen LogP contribution is -2.40. The van der Waals surface area contributed by atoms with Crippen molar-refractivity contribution in [3.8, 4) is 0 Å². The van der Waals surface area contributed by atoms with E-state index in [0.717, 1.165) is 5.56 Å². The van der Waals surface area contributed by atoms with Gasteiger partial charge in [-0.2, -0.15) is 0 Å². The summed E-state index contributed by atoms with van der Waals surface area (Å²) in [5.41, 5.74) is 0.940. The number of nitrogens with one attached hydrogen (secondary N) is 2. The minimum absolute atomic E-state index is 0. The Labute approximate surface area is 141 Å². The summed E-state index contributed by atoms with van der Waals surface area (Å²) in [5.74, 6) is -0.218. The van der Waals surface area contributed by atoms with E-state index in [-0.39, 0.29) is 41.7 Å². The molecule has 0 radical (unpaired) electrons. The van der Waals surface area contributed by atoms with Gasteiger partial charge < -0.3 is 15.4 Å². The van der Waals surface area contributed by atoms with E-state index in [2.05, 4.69) is 20.4 Å². The van der Waals surface area contributed by atoms with Crippen LogP contribution in [0.1, 0.15) is 12.5 Å². The molecule has 0 aliphatic rings. The monoisotopic (exact) mass is 409 g/mol. The van der Waals surface area contributed by atoms with Crippen molar-refractivity contribution >= 4 is 35.9 Å². The number of hydrogen-bond acceptors (Lipinski definition) is 3. The third kappa shape index (κ3) is 7.26. The van der Waals surface area contributed by atoms with Gasteiger partial charge in [-0.3, -0.25) is 9.79 Å². The second kappa shape index (κ2) is 10.4. The minimum atomic E-state index is -0.272. The highest BCUT2D eigenvalue weighted by Crippen LogP contribution is 2.02.